The number of rotatable bonds is 7. The fourth-order valence-electron chi connectivity index (χ4n) is 4.05. The average molecular weight is 469 g/mol. The number of halogens is 1. The molecule has 0 spiro atoms. The summed E-state index contributed by atoms with van der Waals surface area (Å²) in [7, 11) is 0. The van der Waals surface area contributed by atoms with Crippen LogP contribution in [0.1, 0.15) is 38.7 Å². The zero-order chi connectivity index (χ0) is 24.9. The number of nitrogens with zero attached hydrogens (tertiary/aromatic N) is 4. The van der Waals surface area contributed by atoms with E-state index in [9.17, 15) is 19.2 Å². The van der Waals surface area contributed by atoms with Gasteiger partial charge in [-0.15, -0.1) is 0 Å². The van der Waals surface area contributed by atoms with Crippen molar-refractivity contribution >= 4 is 17.9 Å². The van der Waals surface area contributed by atoms with Crippen LogP contribution in [0.4, 0.5) is 4.39 Å². The van der Waals surface area contributed by atoms with Crippen molar-refractivity contribution in [2.24, 2.45) is 0 Å². The van der Waals surface area contributed by atoms with Crippen LogP contribution >= 0.6 is 0 Å². The quantitative estimate of drug-likeness (QED) is 0.262. The second-order valence-electron chi connectivity index (χ2n) is 8.36. The summed E-state index contributed by atoms with van der Waals surface area (Å²) in [4.78, 5) is 27.4. The Morgan fingerprint density at radius 1 is 1.03 bits per heavy atom. The van der Waals surface area contributed by atoms with Crippen molar-refractivity contribution in [1.82, 2.24) is 14.7 Å². The first-order chi connectivity index (χ1) is 16.9. The maximum absolute atomic E-state index is 13.6. The Morgan fingerprint density at radius 2 is 1.74 bits per heavy atom. The van der Waals surface area contributed by atoms with Gasteiger partial charge in [-0.3, -0.25) is 14.5 Å². The molecular weight excluding hydrogens is 443 g/mol. The molecule has 6 nitrogen and oxygen atoms in total. The highest BCUT2D eigenvalue weighted by Gasteiger charge is 2.35. The number of amides is 2. The molecule has 0 fully saturated rings. The first-order valence-corrected chi connectivity index (χ1v) is 11.5. The Kier molecular flexibility index (Phi) is 7.02. The second kappa shape index (κ2) is 10.3. The molecule has 0 N–H and O–H groups in total. The van der Waals surface area contributed by atoms with Crippen LogP contribution in [0.25, 0.3) is 23.0 Å². The number of imide groups is 1. The monoisotopic (exact) mass is 468 g/mol. The van der Waals surface area contributed by atoms with E-state index >= 15 is 0 Å². The molecule has 1 aliphatic heterocycles. The number of hydrogen-bond donors (Lipinski definition) is 0. The van der Waals surface area contributed by atoms with Crippen LogP contribution in [0.2, 0.25) is 0 Å². The fraction of sp³-hybridized carbons (Fsp3) is 0.214. The first kappa shape index (κ1) is 23.8. The molecule has 0 saturated heterocycles. The van der Waals surface area contributed by atoms with Gasteiger partial charge in [0.25, 0.3) is 11.8 Å². The van der Waals surface area contributed by atoms with Crippen molar-refractivity contribution in [3.63, 3.8) is 0 Å². The van der Waals surface area contributed by atoms with E-state index < -0.39 is 11.8 Å². The highest BCUT2D eigenvalue weighted by molar-refractivity contribution is 6.19. The Bertz CT molecular complexity index is 1360. The fourth-order valence-corrected chi connectivity index (χ4v) is 4.05. The molecule has 0 saturated carbocycles. The third kappa shape index (κ3) is 4.82. The minimum absolute atomic E-state index is 0.0360. The number of benzene rings is 2. The van der Waals surface area contributed by atoms with Crippen LogP contribution in [-0.4, -0.2) is 33.0 Å². The van der Waals surface area contributed by atoms with E-state index in [0.717, 1.165) is 23.4 Å². The number of carbonyl (C=O) groups excluding carboxylic acids is 2. The average Bonchev–Trinajstić information content (AvgIpc) is 3.29. The largest absolute Gasteiger partial charge is 0.274 e. The predicted molar refractivity (Wildman–Crippen MR) is 131 cm³/mol. The van der Waals surface area contributed by atoms with Gasteiger partial charge in [-0.25, -0.2) is 9.07 Å². The highest BCUT2D eigenvalue weighted by atomic mass is 19.1. The number of carbonyl (C=O) groups is 2. The maximum Gasteiger partial charge on any atom is 0.271 e. The van der Waals surface area contributed by atoms with Gasteiger partial charge >= 0.3 is 0 Å². The van der Waals surface area contributed by atoms with Gasteiger partial charge in [0.15, 0.2) is 0 Å². The molecule has 0 radical (unpaired) electrons. The van der Waals surface area contributed by atoms with E-state index in [1.807, 2.05) is 43.3 Å². The summed E-state index contributed by atoms with van der Waals surface area (Å²) in [6.07, 6.45) is 5.94. The van der Waals surface area contributed by atoms with Crippen LogP contribution in [0, 0.1) is 17.1 Å². The minimum Gasteiger partial charge on any atom is -0.274 e. The van der Waals surface area contributed by atoms with Gasteiger partial charge in [0.05, 0.1) is 11.4 Å². The van der Waals surface area contributed by atoms with Gasteiger partial charge in [0, 0.05) is 29.4 Å². The molecule has 2 heterocycles. The molecule has 0 unspecified atom stereocenters. The Morgan fingerprint density at radius 3 is 2.40 bits per heavy atom. The van der Waals surface area contributed by atoms with Crippen molar-refractivity contribution in [1.29, 1.82) is 5.26 Å². The Labute approximate surface area is 203 Å². The lowest BCUT2D eigenvalue weighted by Crippen LogP contribution is -2.43. The molecular formula is C28H25FN4O2. The molecule has 0 atom stereocenters. The summed E-state index contributed by atoms with van der Waals surface area (Å²) >= 11 is 0. The molecule has 2 amide bonds. The molecule has 4 rings (SSSR count). The van der Waals surface area contributed by atoms with E-state index in [4.69, 9.17) is 5.10 Å². The smallest absolute Gasteiger partial charge is 0.271 e. The predicted octanol–water partition coefficient (Wildman–Crippen LogP) is 5.46. The SMILES string of the molecule is CCCCCN1C(=O)C(C#N)=C(C)/C(=C\c2cn(-c3ccccc3)nc2-c2ccc(F)cc2)C1=O. The van der Waals surface area contributed by atoms with Crippen molar-refractivity contribution in [3.8, 4) is 23.0 Å². The van der Waals surface area contributed by atoms with Crippen molar-refractivity contribution in [2.45, 2.75) is 33.1 Å². The first-order valence-electron chi connectivity index (χ1n) is 11.5. The zero-order valence-electron chi connectivity index (χ0n) is 19.7. The lowest BCUT2D eigenvalue weighted by atomic mass is 9.93. The summed E-state index contributed by atoms with van der Waals surface area (Å²) < 4.78 is 15.3. The topological polar surface area (TPSA) is 79.0 Å². The molecule has 0 bridgehead atoms. The standard InChI is InChI=1S/C28H25FN4O2/c1-3-4-8-15-32-27(34)24(19(2)25(17-30)28(32)35)16-21-18-33(23-9-6-5-7-10-23)31-26(21)20-11-13-22(29)14-12-20/h5-7,9-14,16,18H,3-4,8,15H2,1-2H3/b24-16+. The summed E-state index contributed by atoms with van der Waals surface area (Å²) in [5.41, 5.74) is 3.23. The molecule has 35 heavy (non-hydrogen) atoms. The third-order valence-corrected chi connectivity index (χ3v) is 5.99. The second-order valence-corrected chi connectivity index (χ2v) is 8.36. The molecule has 1 aromatic heterocycles. The van der Waals surface area contributed by atoms with E-state index in [0.29, 0.717) is 28.8 Å². The Balaban J connectivity index is 1.86. The van der Waals surface area contributed by atoms with Crippen LogP contribution in [0.5, 0.6) is 0 Å². The van der Waals surface area contributed by atoms with E-state index in [1.165, 1.54) is 12.1 Å². The van der Waals surface area contributed by atoms with Crippen LogP contribution in [0.15, 0.2) is 77.5 Å². The van der Waals surface area contributed by atoms with Crippen LogP contribution in [-0.2, 0) is 9.59 Å². The molecule has 3 aromatic rings. The van der Waals surface area contributed by atoms with E-state index in [2.05, 4.69) is 0 Å². The minimum atomic E-state index is -0.554. The van der Waals surface area contributed by atoms with Gasteiger partial charge in [0.2, 0.25) is 0 Å². The van der Waals surface area contributed by atoms with Crippen LogP contribution < -0.4 is 0 Å². The Hall–Kier alpha value is -4.31. The third-order valence-electron chi connectivity index (χ3n) is 5.99. The lowest BCUT2D eigenvalue weighted by Gasteiger charge is -2.27. The molecule has 0 aliphatic carbocycles. The van der Waals surface area contributed by atoms with E-state index in [-0.39, 0.29) is 23.5 Å². The molecule has 2 aromatic carbocycles. The molecule has 7 heteroatoms. The number of para-hydroxylation sites is 1. The van der Waals surface area contributed by atoms with Crippen molar-refractivity contribution < 1.29 is 14.0 Å². The number of nitriles is 1. The summed E-state index contributed by atoms with van der Waals surface area (Å²) in [5, 5.41) is 14.4. The zero-order valence-corrected chi connectivity index (χ0v) is 19.7. The van der Waals surface area contributed by atoms with E-state index in [1.54, 1.807) is 36.0 Å². The van der Waals surface area contributed by atoms with Gasteiger partial charge < -0.3 is 0 Å². The summed E-state index contributed by atoms with van der Waals surface area (Å²) in [6.45, 7) is 3.91. The van der Waals surface area contributed by atoms with Gasteiger partial charge in [0.1, 0.15) is 17.5 Å². The maximum atomic E-state index is 13.6. The van der Waals surface area contributed by atoms with Gasteiger partial charge in [-0.1, -0.05) is 38.0 Å². The molecule has 176 valence electrons. The van der Waals surface area contributed by atoms with Crippen molar-refractivity contribution in [2.75, 3.05) is 6.54 Å². The normalized spacial score (nSPS) is 15.1. The molecule has 1 aliphatic rings. The highest BCUT2D eigenvalue weighted by Crippen LogP contribution is 2.31. The van der Waals surface area contributed by atoms with Crippen LogP contribution in [0.3, 0.4) is 0 Å². The summed E-state index contributed by atoms with van der Waals surface area (Å²) in [6, 6.07) is 17.4. The summed E-state index contributed by atoms with van der Waals surface area (Å²) in [5.74, 6) is -1.35. The van der Waals surface area contributed by atoms with Gasteiger partial charge in [-0.2, -0.15) is 10.4 Å². The number of hydrogen-bond acceptors (Lipinski definition) is 4. The van der Waals surface area contributed by atoms with Gasteiger partial charge in [-0.05, 0) is 61.4 Å². The number of aromatic nitrogens is 2. The van der Waals surface area contributed by atoms with Crippen molar-refractivity contribution in [3.05, 3.63) is 88.9 Å². The number of unbranched alkanes of at least 4 members (excludes halogenated alkanes) is 2. The lowest BCUT2D eigenvalue weighted by molar-refractivity contribution is -0.140.